The summed E-state index contributed by atoms with van der Waals surface area (Å²) in [6.07, 6.45) is 2.98. The van der Waals surface area contributed by atoms with Crippen LogP contribution in [0.3, 0.4) is 0 Å². The van der Waals surface area contributed by atoms with Crippen molar-refractivity contribution in [2.45, 2.75) is 25.8 Å². The maximum atomic E-state index is 13.7. The molecule has 0 radical (unpaired) electrons. The number of aromatic nitrogens is 5. The van der Waals surface area contributed by atoms with Gasteiger partial charge in [-0.15, -0.1) is 5.10 Å². The van der Waals surface area contributed by atoms with Gasteiger partial charge in [-0.3, -0.25) is 0 Å². The van der Waals surface area contributed by atoms with E-state index in [0.29, 0.717) is 22.6 Å². The Morgan fingerprint density at radius 1 is 1.24 bits per heavy atom. The van der Waals surface area contributed by atoms with Crippen molar-refractivity contribution in [2.75, 3.05) is 32.1 Å². The predicted octanol–water partition coefficient (Wildman–Crippen LogP) is 3.36. The van der Waals surface area contributed by atoms with Crippen LogP contribution in [0.25, 0.3) is 16.7 Å². The van der Waals surface area contributed by atoms with Crippen molar-refractivity contribution in [2.24, 2.45) is 5.92 Å². The zero-order valence-corrected chi connectivity index (χ0v) is 17.4. The summed E-state index contributed by atoms with van der Waals surface area (Å²) in [5, 5.41) is 5.81. The van der Waals surface area contributed by atoms with E-state index in [9.17, 15) is 8.78 Å². The maximum absolute atomic E-state index is 13.7. The van der Waals surface area contributed by atoms with E-state index < -0.39 is 11.7 Å². The highest BCUT2D eigenvalue weighted by Gasteiger charge is 2.34. The summed E-state index contributed by atoms with van der Waals surface area (Å²) in [4.78, 5) is 16.3. The number of pyridine rings is 1. The Balaban J connectivity index is 1.84. The van der Waals surface area contributed by atoms with Crippen LogP contribution >= 0.6 is 11.6 Å². The first-order valence-corrected chi connectivity index (χ1v) is 9.70. The number of nitrogens with zero attached hydrogens (tertiary/aromatic N) is 7. The molecule has 3 aromatic rings. The molecule has 2 atom stereocenters. The summed E-state index contributed by atoms with van der Waals surface area (Å²) in [7, 11) is 4.13. The molecule has 4 rings (SSSR count). The zero-order chi connectivity index (χ0) is 20.9. The summed E-state index contributed by atoms with van der Waals surface area (Å²) in [6, 6.07) is 3.61. The van der Waals surface area contributed by atoms with Gasteiger partial charge in [-0.1, -0.05) is 18.5 Å². The Hall–Kier alpha value is -2.39. The number of hydrogen-bond donors (Lipinski definition) is 0. The largest absolute Gasteiger partial charge is 0.353 e. The molecule has 0 amide bonds. The fraction of sp³-hybridized carbons (Fsp3) is 0.474. The van der Waals surface area contributed by atoms with E-state index >= 15 is 0 Å². The summed E-state index contributed by atoms with van der Waals surface area (Å²) >= 11 is 6.11. The molecule has 0 aliphatic carbocycles. The van der Waals surface area contributed by atoms with Gasteiger partial charge in [0, 0.05) is 50.6 Å². The van der Waals surface area contributed by atoms with Gasteiger partial charge in [0.1, 0.15) is 5.15 Å². The first-order valence-electron chi connectivity index (χ1n) is 9.32. The Bertz CT molecular complexity index is 1050. The van der Waals surface area contributed by atoms with E-state index in [1.807, 2.05) is 0 Å². The molecule has 0 N–H and O–H groups in total. The third-order valence-corrected chi connectivity index (χ3v) is 5.51. The van der Waals surface area contributed by atoms with Crippen LogP contribution in [0.15, 0.2) is 24.5 Å². The first-order chi connectivity index (χ1) is 13.6. The molecule has 0 spiro atoms. The van der Waals surface area contributed by atoms with Crippen molar-refractivity contribution in [3.63, 3.8) is 0 Å². The van der Waals surface area contributed by atoms with Crippen molar-refractivity contribution >= 4 is 28.3 Å². The maximum Gasteiger partial charge on any atom is 0.303 e. The minimum absolute atomic E-state index is 0.256. The summed E-state index contributed by atoms with van der Waals surface area (Å²) in [5.74, 6) is -2.25. The van der Waals surface area contributed by atoms with Crippen molar-refractivity contribution < 1.29 is 8.78 Å². The number of hydrogen-bond acceptors (Lipinski definition) is 6. The van der Waals surface area contributed by atoms with Gasteiger partial charge < -0.3 is 9.80 Å². The van der Waals surface area contributed by atoms with Gasteiger partial charge >= 0.3 is 5.92 Å². The molecule has 0 bridgehead atoms. The van der Waals surface area contributed by atoms with Gasteiger partial charge in [0.2, 0.25) is 5.82 Å². The smallest absolute Gasteiger partial charge is 0.303 e. The summed E-state index contributed by atoms with van der Waals surface area (Å²) in [6.45, 7) is 4.62. The molecule has 10 heteroatoms. The van der Waals surface area contributed by atoms with Crippen LogP contribution < -0.4 is 4.90 Å². The average Bonchev–Trinajstić information content (AvgIpc) is 3.21. The van der Waals surface area contributed by atoms with Gasteiger partial charge in [0.15, 0.2) is 11.6 Å². The molecule has 7 nitrogen and oxygen atoms in total. The second-order valence-electron chi connectivity index (χ2n) is 7.80. The van der Waals surface area contributed by atoms with Crippen molar-refractivity contribution in [1.82, 2.24) is 29.6 Å². The van der Waals surface area contributed by atoms with Crippen LogP contribution in [-0.2, 0) is 5.92 Å². The molecule has 4 heterocycles. The molecule has 1 aliphatic rings. The molecule has 154 valence electrons. The molecule has 0 aromatic carbocycles. The van der Waals surface area contributed by atoms with Crippen LogP contribution in [-0.4, -0.2) is 62.9 Å². The van der Waals surface area contributed by atoms with E-state index in [1.54, 1.807) is 18.3 Å². The second kappa shape index (κ2) is 7.14. The molecule has 1 saturated heterocycles. The number of alkyl halides is 2. The number of rotatable bonds is 4. The lowest BCUT2D eigenvalue weighted by Crippen LogP contribution is -2.34. The highest BCUT2D eigenvalue weighted by atomic mass is 35.5. The van der Waals surface area contributed by atoms with Crippen LogP contribution in [0, 0.1) is 5.92 Å². The van der Waals surface area contributed by atoms with E-state index in [-0.39, 0.29) is 5.82 Å². The topological polar surface area (TPSA) is 63.0 Å². The molecule has 29 heavy (non-hydrogen) atoms. The summed E-state index contributed by atoms with van der Waals surface area (Å²) in [5.41, 5.74) is 0.657. The number of halogens is 3. The van der Waals surface area contributed by atoms with Crippen LogP contribution in [0.5, 0.6) is 0 Å². The lowest BCUT2D eigenvalue weighted by atomic mass is 10.1. The molecular formula is C19H22ClF2N7. The van der Waals surface area contributed by atoms with E-state index in [1.165, 1.54) is 10.9 Å². The monoisotopic (exact) mass is 421 g/mol. The van der Waals surface area contributed by atoms with E-state index in [0.717, 1.165) is 31.2 Å². The Kier molecular flexibility index (Phi) is 4.90. The third kappa shape index (κ3) is 3.64. The van der Waals surface area contributed by atoms with Crippen molar-refractivity contribution in [1.29, 1.82) is 0 Å². The predicted molar refractivity (Wildman–Crippen MR) is 108 cm³/mol. The molecule has 1 aliphatic heterocycles. The standard InChI is InChI=1S/C19H22ClF2N7/c1-11-9-28(10-14(11)27(3)4)17-12-8-24-15(20)7-13(12)29(26-17)16-5-6-23-18(25-16)19(2,21)22/h5-8,11,14H,9-10H2,1-4H3. The molecule has 3 aromatic heterocycles. The number of fused-ring (bicyclic) bond motifs is 1. The minimum Gasteiger partial charge on any atom is -0.353 e. The zero-order valence-electron chi connectivity index (χ0n) is 16.6. The first kappa shape index (κ1) is 19.9. The fourth-order valence-electron chi connectivity index (χ4n) is 3.85. The minimum atomic E-state index is -3.15. The Labute approximate surface area is 172 Å². The molecule has 1 fully saturated rings. The van der Waals surface area contributed by atoms with Gasteiger partial charge in [-0.2, -0.15) is 8.78 Å². The van der Waals surface area contributed by atoms with Crippen LogP contribution in [0.4, 0.5) is 14.6 Å². The third-order valence-electron chi connectivity index (χ3n) is 5.30. The molecule has 0 saturated carbocycles. The lowest BCUT2D eigenvalue weighted by Gasteiger charge is -2.22. The Morgan fingerprint density at radius 2 is 2.00 bits per heavy atom. The van der Waals surface area contributed by atoms with Gasteiger partial charge in [-0.05, 0) is 20.0 Å². The lowest BCUT2D eigenvalue weighted by molar-refractivity contribution is 0.00763. The van der Waals surface area contributed by atoms with Crippen LogP contribution in [0.2, 0.25) is 5.15 Å². The number of anilines is 1. The summed E-state index contributed by atoms with van der Waals surface area (Å²) < 4.78 is 29.0. The van der Waals surface area contributed by atoms with Gasteiger partial charge in [-0.25, -0.2) is 19.6 Å². The van der Waals surface area contributed by atoms with Gasteiger partial charge in [0.05, 0.1) is 10.9 Å². The number of likely N-dealkylation sites (N-methyl/N-ethyl adjacent to an activating group) is 1. The SMILES string of the molecule is CC1CN(c2nn(-c3ccnc(C(C)(F)F)n3)c3cc(Cl)ncc23)CC1N(C)C. The average molecular weight is 422 g/mol. The van der Waals surface area contributed by atoms with Crippen LogP contribution in [0.1, 0.15) is 19.7 Å². The highest BCUT2D eigenvalue weighted by Crippen LogP contribution is 2.33. The van der Waals surface area contributed by atoms with Crippen molar-refractivity contribution in [3.8, 4) is 5.82 Å². The fourth-order valence-corrected chi connectivity index (χ4v) is 4.00. The second-order valence-corrected chi connectivity index (χ2v) is 8.19. The van der Waals surface area contributed by atoms with E-state index in [2.05, 4.69) is 45.8 Å². The normalized spacial score (nSPS) is 20.2. The Morgan fingerprint density at radius 3 is 2.66 bits per heavy atom. The van der Waals surface area contributed by atoms with Crippen molar-refractivity contribution in [3.05, 3.63) is 35.5 Å². The quantitative estimate of drug-likeness (QED) is 0.602. The molecule has 2 unspecified atom stereocenters. The molecular weight excluding hydrogens is 400 g/mol. The van der Waals surface area contributed by atoms with Gasteiger partial charge in [0.25, 0.3) is 0 Å². The van der Waals surface area contributed by atoms with E-state index in [4.69, 9.17) is 16.7 Å². The highest BCUT2D eigenvalue weighted by molar-refractivity contribution is 6.30.